The van der Waals surface area contributed by atoms with Gasteiger partial charge in [-0.2, -0.15) is 13.2 Å². The number of ether oxygens (including phenoxy) is 2. The average molecular weight is 430 g/mol. The monoisotopic (exact) mass is 429 g/mol. The first-order valence-corrected chi connectivity index (χ1v) is 8.84. The van der Waals surface area contributed by atoms with Crippen LogP contribution >= 0.6 is 23.4 Å². The number of rotatable bonds is 4. The normalized spacial score (nSPS) is 15.7. The van der Waals surface area contributed by atoms with Crippen molar-refractivity contribution < 1.29 is 32.2 Å². The number of carbonyl (C=O) groups is 2. The van der Waals surface area contributed by atoms with Gasteiger partial charge in [0.15, 0.2) is 11.5 Å². The van der Waals surface area contributed by atoms with E-state index in [1.54, 1.807) is 0 Å². The van der Waals surface area contributed by atoms with Gasteiger partial charge in [-0.15, -0.1) is 0 Å². The smallest absolute Gasteiger partial charge is 0.420 e. The Morgan fingerprint density at radius 2 is 1.79 bits per heavy atom. The molecule has 2 aromatic carbocycles. The Kier molecular flexibility index (Phi) is 5.57. The fourth-order valence-corrected chi connectivity index (χ4v) is 3.22. The van der Waals surface area contributed by atoms with E-state index < -0.39 is 28.6 Å². The highest BCUT2D eigenvalue weighted by molar-refractivity contribution is 8.18. The third kappa shape index (κ3) is 4.42. The second kappa shape index (κ2) is 7.76. The number of benzene rings is 2. The van der Waals surface area contributed by atoms with Gasteiger partial charge >= 0.3 is 6.18 Å². The van der Waals surface area contributed by atoms with Crippen molar-refractivity contribution in [2.24, 2.45) is 0 Å². The highest BCUT2D eigenvalue weighted by atomic mass is 35.5. The average Bonchev–Trinajstić information content (AvgIpc) is 2.93. The van der Waals surface area contributed by atoms with Crippen LogP contribution in [0.5, 0.6) is 17.2 Å². The molecule has 0 bridgehead atoms. The van der Waals surface area contributed by atoms with Crippen LogP contribution in [0.2, 0.25) is 5.02 Å². The van der Waals surface area contributed by atoms with Crippen LogP contribution in [0.25, 0.3) is 6.08 Å². The highest BCUT2D eigenvalue weighted by Gasteiger charge is 2.35. The van der Waals surface area contributed by atoms with E-state index in [1.807, 2.05) is 0 Å². The summed E-state index contributed by atoms with van der Waals surface area (Å²) in [6.07, 6.45) is -3.20. The van der Waals surface area contributed by atoms with Gasteiger partial charge in [-0.3, -0.25) is 14.9 Å². The molecule has 1 aliphatic rings. The van der Waals surface area contributed by atoms with Gasteiger partial charge in [-0.05, 0) is 53.7 Å². The van der Waals surface area contributed by atoms with Crippen molar-refractivity contribution in [3.63, 3.8) is 0 Å². The van der Waals surface area contributed by atoms with Crippen LogP contribution in [0.4, 0.5) is 18.0 Å². The van der Waals surface area contributed by atoms with Crippen molar-refractivity contribution in [2.45, 2.75) is 6.18 Å². The molecule has 1 heterocycles. The molecule has 1 aliphatic heterocycles. The lowest BCUT2D eigenvalue weighted by Gasteiger charge is -2.16. The SMILES string of the molecule is COc1cc(/C=C2\SC(=O)NC2=O)ccc1Oc1ccc(Cl)cc1C(F)(F)F. The van der Waals surface area contributed by atoms with E-state index in [0.29, 0.717) is 5.56 Å². The predicted molar refractivity (Wildman–Crippen MR) is 98.6 cm³/mol. The maximum absolute atomic E-state index is 13.2. The second-order valence-corrected chi connectivity index (χ2v) is 6.95. The van der Waals surface area contributed by atoms with Crippen LogP contribution in [0.15, 0.2) is 41.3 Å². The van der Waals surface area contributed by atoms with Crippen LogP contribution < -0.4 is 14.8 Å². The molecule has 146 valence electrons. The second-order valence-electron chi connectivity index (χ2n) is 5.50. The Morgan fingerprint density at radius 1 is 1.07 bits per heavy atom. The maximum atomic E-state index is 13.2. The largest absolute Gasteiger partial charge is 0.493 e. The minimum atomic E-state index is -4.66. The number of nitrogens with one attached hydrogen (secondary N) is 1. The van der Waals surface area contributed by atoms with Crippen molar-refractivity contribution >= 4 is 40.6 Å². The molecule has 3 rings (SSSR count). The van der Waals surface area contributed by atoms with Crippen LogP contribution in [0.3, 0.4) is 0 Å². The van der Waals surface area contributed by atoms with Gasteiger partial charge in [0.25, 0.3) is 11.1 Å². The molecule has 5 nitrogen and oxygen atoms in total. The molecule has 1 saturated heterocycles. The van der Waals surface area contributed by atoms with E-state index in [1.165, 1.54) is 37.5 Å². The Hall–Kier alpha value is -2.65. The molecule has 2 aromatic rings. The number of alkyl halides is 3. The first-order chi connectivity index (χ1) is 13.2. The number of hydrogen-bond donors (Lipinski definition) is 1. The molecule has 1 N–H and O–H groups in total. The lowest BCUT2D eigenvalue weighted by molar-refractivity contribution is -0.138. The number of hydrogen-bond acceptors (Lipinski definition) is 5. The Balaban J connectivity index is 1.94. The lowest BCUT2D eigenvalue weighted by Crippen LogP contribution is -2.17. The Morgan fingerprint density at radius 3 is 2.39 bits per heavy atom. The van der Waals surface area contributed by atoms with Crippen LogP contribution in [-0.4, -0.2) is 18.3 Å². The van der Waals surface area contributed by atoms with Gasteiger partial charge in [-0.1, -0.05) is 17.7 Å². The molecule has 0 aromatic heterocycles. The summed E-state index contributed by atoms with van der Waals surface area (Å²) in [6, 6.07) is 7.57. The third-order valence-corrected chi connectivity index (χ3v) is 4.64. The minimum Gasteiger partial charge on any atom is -0.493 e. The quantitative estimate of drug-likeness (QED) is 0.652. The molecule has 0 spiro atoms. The summed E-state index contributed by atoms with van der Waals surface area (Å²) in [5.41, 5.74) is -0.519. The number of carbonyl (C=O) groups excluding carboxylic acids is 2. The molecular formula is C18H11ClF3NO4S. The van der Waals surface area contributed by atoms with E-state index in [2.05, 4.69) is 5.32 Å². The first-order valence-electron chi connectivity index (χ1n) is 7.65. The number of halogens is 4. The van der Waals surface area contributed by atoms with Gasteiger partial charge in [0.1, 0.15) is 5.75 Å². The molecule has 0 radical (unpaired) electrons. The Labute approximate surface area is 166 Å². The fourth-order valence-electron chi connectivity index (χ4n) is 2.36. The molecule has 10 heteroatoms. The van der Waals surface area contributed by atoms with Crippen LogP contribution in [-0.2, 0) is 11.0 Å². The van der Waals surface area contributed by atoms with E-state index >= 15 is 0 Å². The summed E-state index contributed by atoms with van der Waals surface area (Å²) >= 11 is 6.41. The highest BCUT2D eigenvalue weighted by Crippen LogP contribution is 2.41. The maximum Gasteiger partial charge on any atom is 0.420 e. The number of methoxy groups -OCH3 is 1. The van der Waals surface area contributed by atoms with Crippen molar-refractivity contribution in [1.82, 2.24) is 5.32 Å². The molecule has 1 fully saturated rings. The van der Waals surface area contributed by atoms with Gasteiger partial charge in [0, 0.05) is 5.02 Å². The molecule has 0 atom stereocenters. The molecule has 0 unspecified atom stereocenters. The summed E-state index contributed by atoms with van der Waals surface area (Å²) in [5, 5.41) is 1.57. The molecule has 0 saturated carbocycles. The van der Waals surface area contributed by atoms with Crippen molar-refractivity contribution in [3.8, 4) is 17.2 Å². The van der Waals surface area contributed by atoms with Crippen molar-refractivity contribution in [3.05, 3.63) is 57.5 Å². The zero-order chi connectivity index (χ0) is 20.5. The van der Waals surface area contributed by atoms with Gasteiger partial charge in [0.2, 0.25) is 0 Å². The summed E-state index contributed by atoms with van der Waals surface area (Å²) in [6.45, 7) is 0. The first kappa shape index (κ1) is 20.1. The van der Waals surface area contributed by atoms with E-state index in [0.717, 1.165) is 23.9 Å². The molecule has 2 amide bonds. The predicted octanol–water partition coefficient (Wildman–Crippen LogP) is 5.48. The summed E-state index contributed by atoms with van der Waals surface area (Å²) < 4.78 is 50.3. The van der Waals surface area contributed by atoms with E-state index in [-0.39, 0.29) is 21.4 Å². The number of thioether (sulfide) groups is 1. The minimum absolute atomic E-state index is 0.0390. The van der Waals surface area contributed by atoms with Crippen LogP contribution in [0.1, 0.15) is 11.1 Å². The third-order valence-electron chi connectivity index (χ3n) is 3.59. The van der Waals surface area contributed by atoms with Crippen molar-refractivity contribution in [2.75, 3.05) is 7.11 Å². The van der Waals surface area contributed by atoms with Crippen molar-refractivity contribution in [1.29, 1.82) is 0 Å². The van der Waals surface area contributed by atoms with Gasteiger partial charge in [0.05, 0.1) is 17.6 Å². The summed E-state index contributed by atoms with van der Waals surface area (Å²) in [7, 11) is 1.33. The van der Waals surface area contributed by atoms with E-state index in [4.69, 9.17) is 21.1 Å². The zero-order valence-corrected chi connectivity index (χ0v) is 15.7. The summed E-state index contributed by atoms with van der Waals surface area (Å²) in [5.74, 6) is -0.771. The Bertz CT molecular complexity index is 991. The molecule has 0 aliphatic carbocycles. The van der Waals surface area contributed by atoms with Gasteiger partial charge < -0.3 is 9.47 Å². The van der Waals surface area contributed by atoms with Crippen LogP contribution in [0, 0.1) is 0 Å². The zero-order valence-electron chi connectivity index (χ0n) is 14.1. The summed E-state index contributed by atoms with van der Waals surface area (Å²) in [4.78, 5) is 23.0. The lowest BCUT2D eigenvalue weighted by atomic mass is 10.1. The molecular weight excluding hydrogens is 419 g/mol. The number of amides is 2. The standard InChI is InChI=1S/C18H11ClF3NO4S/c1-26-14-6-9(7-15-16(24)23-17(25)28-15)2-4-13(14)27-12-5-3-10(19)8-11(12)18(20,21)22/h2-8H,1H3,(H,23,24,25)/b15-7-. The van der Waals surface area contributed by atoms with E-state index in [9.17, 15) is 22.8 Å². The molecule has 28 heavy (non-hydrogen) atoms. The number of imide groups is 1. The fraction of sp³-hybridized carbons (Fsp3) is 0.111. The van der Waals surface area contributed by atoms with Gasteiger partial charge in [-0.25, -0.2) is 0 Å². The topological polar surface area (TPSA) is 64.6 Å².